The van der Waals surface area contributed by atoms with E-state index in [0.717, 1.165) is 38.9 Å². The molecule has 5 rings (SSSR count). The fourth-order valence-corrected chi connectivity index (χ4v) is 9.42. The van der Waals surface area contributed by atoms with E-state index < -0.39 is 33.4 Å². The molecule has 5 aliphatic rings. The number of nitrogens with zero attached hydrogens (tertiary/aromatic N) is 3. The van der Waals surface area contributed by atoms with Gasteiger partial charge >= 0.3 is 5.97 Å². The molecule has 1 spiro atoms. The van der Waals surface area contributed by atoms with Gasteiger partial charge in [0.05, 0.1) is 49.1 Å². The molecule has 0 radical (unpaired) electrons. The summed E-state index contributed by atoms with van der Waals surface area (Å²) >= 11 is 1.57. The van der Waals surface area contributed by atoms with Crippen LogP contribution in [0.15, 0.2) is 24.3 Å². The highest BCUT2D eigenvalue weighted by Gasteiger charge is 2.74. The van der Waals surface area contributed by atoms with Gasteiger partial charge in [-0.15, -0.1) is 11.8 Å². The maximum atomic E-state index is 14.6. The molecule has 0 aromatic carbocycles. The second kappa shape index (κ2) is 12.2. The van der Waals surface area contributed by atoms with E-state index in [1.54, 1.807) is 16.7 Å². The number of likely N-dealkylation sites (tertiary alicyclic amines) is 1. The number of carbonyl (C=O) groups is 3. The average Bonchev–Trinajstić information content (AvgIpc) is 3.27. The number of allylic oxidation sites excluding steroid dienone is 1. The van der Waals surface area contributed by atoms with Crippen molar-refractivity contribution in [3.8, 4) is 0 Å². The summed E-state index contributed by atoms with van der Waals surface area (Å²) in [6.45, 7) is 11.0. The van der Waals surface area contributed by atoms with Crippen molar-refractivity contribution in [3.63, 3.8) is 0 Å². The maximum absolute atomic E-state index is 14.6. The molecule has 222 valence electrons. The summed E-state index contributed by atoms with van der Waals surface area (Å²) in [5.41, 5.74) is 0. The van der Waals surface area contributed by atoms with E-state index in [2.05, 4.69) is 30.9 Å². The van der Waals surface area contributed by atoms with Crippen molar-refractivity contribution in [3.05, 3.63) is 24.3 Å². The first-order valence-corrected chi connectivity index (χ1v) is 15.8. The molecule has 0 aromatic rings. The molecule has 9 nitrogen and oxygen atoms in total. The summed E-state index contributed by atoms with van der Waals surface area (Å²) in [6, 6.07) is -1.31. The quantitative estimate of drug-likeness (QED) is 0.364. The van der Waals surface area contributed by atoms with Crippen LogP contribution in [0.3, 0.4) is 0 Å². The molecular weight excluding hydrogens is 530 g/mol. The Morgan fingerprint density at radius 1 is 1.02 bits per heavy atom. The molecule has 0 aliphatic carbocycles. The zero-order chi connectivity index (χ0) is 28.5. The predicted molar refractivity (Wildman–Crippen MR) is 154 cm³/mol. The van der Waals surface area contributed by atoms with Gasteiger partial charge in [0.25, 0.3) is 0 Å². The SMILES string of the molecule is CC(C)C[C@H](CO)N1C(=O)[C@@H]2[C@@H]3C(=O)OCCCC/C=C\[C@]3(C)S[C@@]23C=CCN(CCN2CCOCC2)C(=O)C13. The monoisotopic (exact) mass is 575 g/mol. The molecule has 5 aliphatic heterocycles. The normalized spacial score (nSPS) is 36.6. The molecule has 6 atom stereocenters. The first-order chi connectivity index (χ1) is 19.2. The minimum atomic E-state index is -0.927. The highest BCUT2D eigenvalue weighted by Crippen LogP contribution is 2.65. The fourth-order valence-electron chi connectivity index (χ4n) is 7.29. The van der Waals surface area contributed by atoms with E-state index in [4.69, 9.17) is 9.47 Å². The van der Waals surface area contributed by atoms with Crippen LogP contribution in [0.2, 0.25) is 0 Å². The Morgan fingerprint density at radius 3 is 2.52 bits per heavy atom. The van der Waals surface area contributed by atoms with Crippen molar-refractivity contribution < 1.29 is 29.0 Å². The van der Waals surface area contributed by atoms with Crippen molar-refractivity contribution in [2.75, 3.05) is 59.2 Å². The van der Waals surface area contributed by atoms with Crippen LogP contribution in [0, 0.1) is 17.8 Å². The molecule has 1 unspecified atom stereocenters. The summed E-state index contributed by atoms with van der Waals surface area (Å²) < 4.78 is 9.62. The van der Waals surface area contributed by atoms with Gasteiger partial charge in [-0.05, 0) is 38.5 Å². The Bertz CT molecular complexity index is 1030. The molecule has 2 amide bonds. The fraction of sp³-hybridized carbons (Fsp3) is 0.767. The second-order valence-electron chi connectivity index (χ2n) is 12.4. The first-order valence-electron chi connectivity index (χ1n) is 15.0. The summed E-state index contributed by atoms with van der Waals surface area (Å²) in [6.07, 6.45) is 11.4. The van der Waals surface area contributed by atoms with Gasteiger partial charge < -0.3 is 24.4 Å². The predicted octanol–water partition coefficient (Wildman–Crippen LogP) is 2.09. The Morgan fingerprint density at radius 2 is 1.80 bits per heavy atom. The Kier molecular flexibility index (Phi) is 9.00. The lowest BCUT2D eigenvalue weighted by molar-refractivity contribution is -0.155. The number of ether oxygens (including phenoxy) is 2. The molecule has 10 heteroatoms. The van der Waals surface area contributed by atoms with Gasteiger partial charge in [0.2, 0.25) is 11.8 Å². The summed E-state index contributed by atoms with van der Waals surface area (Å²) in [4.78, 5) is 48.6. The van der Waals surface area contributed by atoms with E-state index in [1.807, 2.05) is 24.0 Å². The zero-order valence-corrected chi connectivity index (χ0v) is 24.9. The van der Waals surface area contributed by atoms with E-state index >= 15 is 0 Å². The molecule has 40 heavy (non-hydrogen) atoms. The lowest BCUT2D eigenvalue weighted by Gasteiger charge is -2.40. The van der Waals surface area contributed by atoms with Crippen molar-refractivity contribution in [1.82, 2.24) is 14.7 Å². The first kappa shape index (κ1) is 29.6. The number of esters is 1. The molecule has 3 saturated heterocycles. The summed E-state index contributed by atoms with van der Waals surface area (Å²) in [7, 11) is 0. The van der Waals surface area contributed by atoms with Gasteiger partial charge in [-0.1, -0.05) is 38.2 Å². The zero-order valence-electron chi connectivity index (χ0n) is 24.1. The Labute approximate surface area is 242 Å². The van der Waals surface area contributed by atoms with Crippen LogP contribution in [0.1, 0.15) is 46.5 Å². The molecule has 1 N–H and O–H groups in total. The van der Waals surface area contributed by atoms with Crippen LogP contribution in [-0.2, 0) is 23.9 Å². The van der Waals surface area contributed by atoms with Crippen molar-refractivity contribution in [2.45, 2.75) is 68.0 Å². The number of cyclic esters (lactones) is 1. The van der Waals surface area contributed by atoms with Crippen LogP contribution >= 0.6 is 11.8 Å². The smallest absolute Gasteiger partial charge is 0.311 e. The van der Waals surface area contributed by atoms with Crippen molar-refractivity contribution >= 4 is 29.5 Å². The number of hydrogen-bond acceptors (Lipinski definition) is 8. The largest absolute Gasteiger partial charge is 0.465 e. The summed E-state index contributed by atoms with van der Waals surface area (Å²) in [5.74, 6) is -1.94. The highest BCUT2D eigenvalue weighted by molar-refractivity contribution is 8.02. The molecular formula is C30H45N3O6S. The number of morpholine rings is 1. The number of rotatable bonds is 7. The number of hydrogen-bond donors (Lipinski definition) is 1. The van der Waals surface area contributed by atoms with Gasteiger partial charge in [-0.3, -0.25) is 19.3 Å². The number of thioether (sulfide) groups is 1. The molecule has 3 fully saturated rings. The molecule has 5 heterocycles. The maximum Gasteiger partial charge on any atom is 0.311 e. The van der Waals surface area contributed by atoms with Crippen LogP contribution < -0.4 is 0 Å². The number of aliphatic hydroxyl groups excluding tert-OH is 1. The number of fused-ring (bicyclic) bond motifs is 2. The number of amides is 2. The van der Waals surface area contributed by atoms with Crippen LogP contribution in [0.4, 0.5) is 0 Å². The lowest BCUT2D eigenvalue weighted by atomic mass is 9.74. The highest BCUT2D eigenvalue weighted by atomic mass is 32.2. The molecule has 0 bridgehead atoms. The Hall–Kier alpha value is -1.88. The van der Waals surface area contributed by atoms with Crippen LogP contribution in [0.5, 0.6) is 0 Å². The van der Waals surface area contributed by atoms with E-state index in [9.17, 15) is 19.5 Å². The summed E-state index contributed by atoms with van der Waals surface area (Å²) in [5, 5.41) is 10.5. The van der Waals surface area contributed by atoms with Crippen molar-refractivity contribution in [1.29, 1.82) is 0 Å². The average molecular weight is 576 g/mol. The minimum Gasteiger partial charge on any atom is -0.465 e. The minimum absolute atomic E-state index is 0.103. The van der Waals surface area contributed by atoms with Crippen molar-refractivity contribution in [2.24, 2.45) is 17.8 Å². The van der Waals surface area contributed by atoms with Crippen LogP contribution in [0.25, 0.3) is 0 Å². The molecule has 0 saturated carbocycles. The lowest BCUT2D eigenvalue weighted by Crippen LogP contribution is -2.57. The van der Waals surface area contributed by atoms with E-state index in [1.165, 1.54) is 0 Å². The Balaban J connectivity index is 1.55. The third kappa shape index (κ3) is 5.37. The van der Waals surface area contributed by atoms with Gasteiger partial charge in [-0.25, -0.2) is 0 Å². The van der Waals surface area contributed by atoms with Gasteiger partial charge in [0, 0.05) is 37.5 Å². The number of carbonyl (C=O) groups excluding carboxylic acids is 3. The van der Waals surface area contributed by atoms with E-state index in [0.29, 0.717) is 39.3 Å². The second-order valence-corrected chi connectivity index (χ2v) is 14.2. The standard InChI is InChI=1S/C30H45N3O6S/c1-21(2)19-22(20-34)33-25-27(36)32(13-12-31-14-17-38-18-15-31)11-8-10-30(25)23(26(33)35)24-28(37)39-16-7-5-4-6-9-29(24,3)40-30/h6,8-10,21-25,34H,4-5,7,11-20H2,1-3H3/b9-6-/t22-,23+,24-,25?,29+,30+/m1/s1. The molecule has 0 aromatic heterocycles. The van der Waals surface area contributed by atoms with Crippen LogP contribution in [-0.4, -0.2) is 118 Å². The van der Waals surface area contributed by atoms with Gasteiger partial charge in [0.15, 0.2) is 0 Å². The third-order valence-corrected chi connectivity index (χ3v) is 11.0. The number of aliphatic hydroxyl groups is 1. The van der Waals surface area contributed by atoms with Gasteiger partial charge in [-0.2, -0.15) is 0 Å². The van der Waals surface area contributed by atoms with Gasteiger partial charge in [0.1, 0.15) is 6.04 Å². The van der Waals surface area contributed by atoms with E-state index in [-0.39, 0.29) is 30.3 Å². The topological polar surface area (TPSA) is 99.6 Å². The third-order valence-electron chi connectivity index (χ3n) is 9.16.